The first kappa shape index (κ1) is 55.9. The van der Waals surface area contributed by atoms with Crippen molar-refractivity contribution in [3.8, 4) is 0 Å². The van der Waals surface area contributed by atoms with Crippen molar-refractivity contribution >= 4 is 17.9 Å². The van der Waals surface area contributed by atoms with Crippen LogP contribution in [0.15, 0.2) is 24.3 Å². The molecule has 0 amide bonds. The quantitative estimate of drug-likeness (QED) is 0.0263. The summed E-state index contributed by atoms with van der Waals surface area (Å²) in [6.07, 6.45) is 52.9. The van der Waals surface area contributed by atoms with Gasteiger partial charge in [-0.25, -0.2) is 0 Å². The monoisotopic (exact) mass is 817 g/mol. The van der Waals surface area contributed by atoms with E-state index in [0.29, 0.717) is 19.3 Å². The van der Waals surface area contributed by atoms with Gasteiger partial charge in [0.2, 0.25) is 0 Å². The number of carbonyl (C=O) groups is 3. The number of hydrogen-bond acceptors (Lipinski definition) is 6. The third-order valence-corrected chi connectivity index (χ3v) is 11.2. The van der Waals surface area contributed by atoms with Gasteiger partial charge in [0.1, 0.15) is 13.2 Å². The fourth-order valence-electron chi connectivity index (χ4n) is 7.34. The standard InChI is InChI=1S/C52H96O6/c1-4-7-10-13-16-19-22-25-28-30-33-36-39-42-45-51(54)57-48-49(58-52(55)46-43-40-37-34-31-27-24-21-18-15-12-9-6-3)47-56-50(53)44-41-38-35-32-29-26-23-20-17-14-11-8-5-2/h13,16,22,25,49H,4-12,14-15,17-21,23-24,26-48H2,1-3H3/b16-13-,25-22-/t49-/m1/s1. The molecule has 0 saturated carbocycles. The van der Waals surface area contributed by atoms with Crippen LogP contribution in [0.5, 0.6) is 0 Å². The first-order chi connectivity index (χ1) is 28.5. The van der Waals surface area contributed by atoms with Crippen LogP contribution in [-0.2, 0) is 28.6 Å². The molecule has 0 unspecified atom stereocenters. The van der Waals surface area contributed by atoms with Gasteiger partial charge in [-0.3, -0.25) is 14.4 Å². The first-order valence-electron chi connectivity index (χ1n) is 25.3. The predicted molar refractivity (Wildman–Crippen MR) is 247 cm³/mol. The lowest BCUT2D eigenvalue weighted by Gasteiger charge is -2.18. The fraction of sp³-hybridized carbons (Fsp3) is 0.865. The van der Waals surface area contributed by atoms with Crippen molar-refractivity contribution in [3.63, 3.8) is 0 Å². The van der Waals surface area contributed by atoms with Crippen LogP contribution in [0.4, 0.5) is 0 Å². The summed E-state index contributed by atoms with van der Waals surface area (Å²) in [7, 11) is 0. The summed E-state index contributed by atoms with van der Waals surface area (Å²) in [6.45, 7) is 6.61. The van der Waals surface area contributed by atoms with E-state index in [1.807, 2.05) is 0 Å². The van der Waals surface area contributed by atoms with Gasteiger partial charge in [0.15, 0.2) is 6.10 Å². The highest BCUT2D eigenvalue weighted by Crippen LogP contribution is 2.16. The summed E-state index contributed by atoms with van der Waals surface area (Å²) in [5.74, 6) is -0.873. The normalized spacial score (nSPS) is 12.1. The molecule has 0 bridgehead atoms. The average Bonchev–Trinajstić information content (AvgIpc) is 3.22. The van der Waals surface area contributed by atoms with Crippen molar-refractivity contribution in [1.82, 2.24) is 0 Å². The Balaban J connectivity index is 4.36. The molecule has 0 aliphatic heterocycles. The SMILES string of the molecule is CCCC/C=C\C/C=C\CCCCCCCC(=O)OC[C@@H](COC(=O)CCCCCCCCCCCCCCC)OC(=O)CCCCCCCCCCCCCCC. The number of allylic oxidation sites excluding steroid dienone is 4. The summed E-state index contributed by atoms with van der Waals surface area (Å²) in [6, 6.07) is 0. The maximum atomic E-state index is 12.8. The van der Waals surface area contributed by atoms with Crippen LogP contribution >= 0.6 is 0 Å². The average molecular weight is 817 g/mol. The van der Waals surface area contributed by atoms with E-state index in [0.717, 1.165) is 77.0 Å². The highest BCUT2D eigenvalue weighted by molar-refractivity contribution is 5.71. The van der Waals surface area contributed by atoms with Gasteiger partial charge in [-0.05, 0) is 44.9 Å². The third kappa shape index (κ3) is 45.0. The van der Waals surface area contributed by atoms with Crippen LogP contribution in [0.2, 0.25) is 0 Å². The van der Waals surface area contributed by atoms with Gasteiger partial charge >= 0.3 is 17.9 Å². The second-order valence-corrected chi connectivity index (χ2v) is 17.1. The summed E-state index contributed by atoms with van der Waals surface area (Å²) in [4.78, 5) is 37.9. The van der Waals surface area contributed by atoms with Gasteiger partial charge in [0.25, 0.3) is 0 Å². The Hall–Kier alpha value is -2.11. The molecule has 0 heterocycles. The second-order valence-electron chi connectivity index (χ2n) is 17.1. The molecule has 0 rings (SSSR count). The molecule has 58 heavy (non-hydrogen) atoms. The largest absolute Gasteiger partial charge is 0.462 e. The zero-order chi connectivity index (χ0) is 42.3. The molecule has 0 aliphatic carbocycles. The van der Waals surface area contributed by atoms with E-state index in [4.69, 9.17) is 14.2 Å². The topological polar surface area (TPSA) is 78.9 Å². The van der Waals surface area contributed by atoms with Crippen LogP contribution in [0.3, 0.4) is 0 Å². The van der Waals surface area contributed by atoms with Crippen molar-refractivity contribution in [3.05, 3.63) is 24.3 Å². The number of rotatable bonds is 46. The number of unbranched alkanes of at least 4 members (excludes halogenated alkanes) is 31. The van der Waals surface area contributed by atoms with E-state index in [2.05, 4.69) is 45.1 Å². The molecule has 0 N–H and O–H groups in total. The molecule has 340 valence electrons. The lowest BCUT2D eigenvalue weighted by Crippen LogP contribution is -2.30. The zero-order valence-corrected chi connectivity index (χ0v) is 38.8. The van der Waals surface area contributed by atoms with Gasteiger partial charge in [0, 0.05) is 19.3 Å². The van der Waals surface area contributed by atoms with Gasteiger partial charge in [-0.15, -0.1) is 0 Å². The van der Waals surface area contributed by atoms with E-state index in [9.17, 15) is 14.4 Å². The molecule has 0 aromatic carbocycles. The van der Waals surface area contributed by atoms with Gasteiger partial charge in [0.05, 0.1) is 0 Å². The van der Waals surface area contributed by atoms with Crippen LogP contribution in [0, 0.1) is 0 Å². The maximum absolute atomic E-state index is 12.8. The Labute approximate surface area is 360 Å². The molecule has 0 saturated heterocycles. The molecule has 6 nitrogen and oxygen atoms in total. The summed E-state index contributed by atoms with van der Waals surface area (Å²) >= 11 is 0. The highest BCUT2D eigenvalue weighted by atomic mass is 16.6. The molecular formula is C52H96O6. The zero-order valence-electron chi connectivity index (χ0n) is 38.8. The van der Waals surface area contributed by atoms with Crippen molar-refractivity contribution in [2.24, 2.45) is 0 Å². The van der Waals surface area contributed by atoms with E-state index < -0.39 is 6.10 Å². The van der Waals surface area contributed by atoms with E-state index >= 15 is 0 Å². The number of carbonyl (C=O) groups excluding carboxylic acids is 3. The highest BCUT2D eigenvalue weighted by Gasteiger charge is 2.19. The Morgan fingerprint density at radius 1 is 0.345 bits per heavy atom. The van der Waals surface area contributed by atoms with Crippen molar-refractivity contribution in [2.75, 3.05) is 13.2 Å². The lowest BCUT2D eigenvalue weighted by molar-refractivity contribution is -0.167. The summed E-state index contributed by atoms with van der Waals surface area (Å²) < 4.78 is 16.8. The molecule has 0 aromatic heterocycles. The number of hydrogen-bond donors (Lipinski definition) is 0. The van der Waals surface area contributed by atoms with Gasteiger partial charge < -0.3 is 14.2 Å². The van der Waals surface area contributed by atoms with Gasteiger partial charge in [-0.2, -0.15) is 0 Å². The maximum Gasteiger partial charge on any atom is 0.306 e. The Bertz CT molecular complexity index is 942. The second kappa shape index (κ2) is 47.6. The molecule has 0 aromatic rings. The van der Waals surface area contributed by atoms with E-state index in [1.54, 1.807) is 0 Å². The molecule has 6 heteroatoms. The predicted octanol–water partition coefficient (Wildman–Crippen LogP) is 16.4. The van der Waals surface area contributed by atoms with Crippen molar-refractivity contribution in [2.45, 2.75) is 277 Å². The molecule has 0 radical (unpaired) electrons. The minimum Gasteiger partial charge on any atom is -0.462 e. The first-order valence-corrected chi connectivity index (χ1v) is 25.3. The Morgan fingerprint density at radius 2 is 0.638 bits per heavy atom. The van der Waals surface area contributed by atoms with Crippen LogP contribution in [-0.4, -0.2) is 37.2 Å². The van der Waals surface area contributed by atoms with Crippen molar-refractivity contribution < 1.29 is 28.6 Å². The minimum absolute atomic E-state index is 0.0709. The lowest BCUT2D eigenvalue weighted by atomic mass is 10.0. The minimum atomic E-state index is -0.770. The molecule has 0 fully saturated rings. The van der Waals surface area contributed by atoms with Gasteiger partial charge in [-0.1, -0.05) is 231 Å². The molecular weight excluding hydrogens is 721 g/mol. The van der Waals surface area contributed by atoms with Crippen molar-refractivity contribution in [1.29, 1.82) is 0 Å². The van der Waals surface area contributed by atoms with Crippen LogP contribution in [0.1, 0.15) is 271 Å². The van der Waals surface area contributed by atoms with Crippen LogP contribution < -0.4 is 0 Å². The summed E-state index contributed by atoms with van der Waals surface area (Å²) in [5, 5.41) is 0. The third-order valence-electron chi connectivity index (χ3n) is 11.2. The Kier molecular flexibility index (Phi) is 45.8. The molecule has 1 atom stereocenters. The van der Waals surface area contributed by atoms with E-state index in [-0.39, 0.29) is 31.1 Å². The smallest absolute Gasteiger partial charge is 0.306 e. The summed E-state index contributed by atoms with van der Waals surface area (Å²) in [5.41, 5.74) is 0. The fourth-order valence-corrected chi connectivity index (χ4v) is 7.34. The van der Waals surface area contributed by atoms with Crippen LogP contribution in [0.25, 0.3) is 0 Å². The molecule has 0 aliphatic rings. The number of esters is 3. The number of ether oxygens (including phenoxy) is 3. The Morgan fingerprint density at radius 3 is 1.00 bits per heavy atom. The van der Waals surface area contributed by atoms with E-state index in [1.165, 1.54) is 154 Å². The molecule has 0 spiro atoms.